The highest BCUT2D eigenvalue weighted by atomic mass is 35.5. The van der Waals surface area contributed by atoms with Crippen LogP contribution in [0, 0.1) is 11.3 Å². The zero-order valence-corrected chi connectivity index (χ0v) is 5.42. The lowest BCUT2D eigenvalue weighted by Crippen LogP contribution is -1.24. The molecule has 0 saturated heterocycles. The van der Waals surface area contributed by atoms with E-state index >= 15 is 0 Å². The van der Waals surface area contributed by atoms with Crippen LogP contribution in [0.1, 0.15) is 6.92 Å². The Kier molecular flexibility index (Phi) is 83.2. The number of rotatable bonds is 0. The van der Waals surface area contributed by atoms with Crippen LogP contribution >= 0.6 is 23.2 Å². The Labute approximate surface area is 53.0 Å². The van der Waals surface area contributed by atoms with Crippen LogP contribution in [0.4, 0.5) is 0 Å². The second kappa shape index (κ2) is 37.0. The Morgan fingerprint density at radius 2 is 1.57 bits per heavy atom. The summed E-state index contributed by atoms with van der Waals surface area (Å²) < 4.78 is 0. The highest BCUT2D eigenvalue weighted by Crippen LogP contribution is 1.73. The monoisotopic (exact) mass is 143 g/mol. The average Bonchev–Trinajstić information content (AvgIpc) is 1.39. The number of halogens is 2. The molecule has 0 aromatic rings. The highest BCUT2D eigenvalue weighted by molar-refractivity contribution is 6.40. The van der Waals surface area contributed by atoms with Crippen molar-refractivity contribution in [3.8, 4) is 6.07 Å². The molecule has 0 aromatic heterocycles. The summed E-state index contributed by atoms with van der Waals surface area (Å²) in [7, 11) is 0. The van der Waals surface area contributed by atoms with Gasteiger partial charge < -0.3 is 5.48 Å². The molecule has 0 spiro atoms. The Hall–Kier alpha value is 0.0300. The fourth-order valence-corrected chi connectivity index (χ4v) is 0. The number of hydrogen-bond donors (Lipinski definition) is 0. The topological polar surface area (TPSA) is 55.3 Å². The number of alkyl halides is 2. The number of hydrogen-bond acceptors (Lipinski definition) is 1. The Morgan fingerprint density at radius 1 is 1.57 bits per heavy atom. The van der Waals surface area contributed by atoms with E-state index in [0.717, 1.165) is 0 Å². The largest absolute Gasteiger partial charge is 0.412 e. The van der Waals surface area contributed by atoms with Gasteiger partial charge in [0.1, 0.15) is 0 Å². The Balaban J connectivity index is -0.0000000400. The number of nitrogens with zero attached hydrogens (tertiary/aromatic N) is 1. The molecule has 2 nitrogen and oxygen atoms in total. The first-order chi connectivity index (χ1) is 2.83. The van der Waals surface area contributed by atoms with Crippen LogP contribution in [0.5, 0.6) is 0 Å². The third-order valence-corrected chi connectivity index (χ3v) is 0. The standard InChI is InChI=1S/C2H3N.CH2Cl2.H2O/c1-2-3;2-1-3;/h1H3;1H2;1H2. The molecule has 0 bridgehead atoms. The molecule has 0 fully saturated rings. The van der Waals surface area contributed by atoms with Gasteiger partial charge in [0.05, 0.1) is 11.4 Å². The molecule has 0 atom stereocenters. The van der Waals surface area contributed by atoms with Gasteiger partial charge in [0.2, 0.25) is 0 Å². The minimum atomic E-state index is 0. The summed E-state index contributed by atoms with van der Waals surface area (Å²) in [6, 6.07) is 1.75. The summed E-state index contributed by atoms with van der Waals surface area (Å²) in [5.41, 5.74) is 0. The molecular formula is C3H7Cl2NO. The molecule has 2 N–H and O–H groups in total. The van der Waals surface area contributed by atoms with E-state index in [9.17, 15) is 0 Å². The zero-order chi connectivity index (χ0) is 5.41. The van der Waals surface area contributed by atoms with Crippen molar-refractivity contribution in [3.05, 3.63) is 0 Å². The van der Waals surface area contributed by atoms with Crippen molar-refractivity contribution in [1.82, 2.24) is 0 Å². The van der Waals surface area contributed by atoms with Gasteiger partial charge in [0.15, 0.2) is 0 Å². The fourth-order valence-electron chi connectivity index (χ4n) is 0. The van der Waals surface area contributed by atoms with Gasteiger partial charge >= 0.3 is 0 Å². The summed E-state index contributed by atoms with van der Waals surface area (Å²) in [5.74, 6) is 0. The molecule has 0 saturated carbocycles. The van der Waals surface area contributed by atoms with Crippen LogP contribution in [0.2, 0.25) is 0 Å². The van der Waals surface area contributed by atoms with Crippen molar-refractivity contribution in [2.75, 3.05) is 5.34 Å². The SMILES string of the molecule is CC#N.ClCCl.O. The lowest BCUT2D eigenvalue weighted by Gasteiger charge is -1.42. The van der Waals surface area contributed by atoms with Crippen LogP contribution < -0.4 is 0 Å². The van der Waals surface area contributed by atoms with Crippen LogP contribution in [0.3, 0.4) is 0 Å². The van der Waals surface area contributed by atoms with E-state index in [2.05, 4.69) is 0 Å². The second-order valence-electron chi connectivity index (χ2n) is 0.325. The van der Waals surface area contributed by atoms with Crippen molar-refractivity contribution in [2.45, 2.75) is 6.92 Å². The Morgan fingerprint density at radius 3 is 1.57 bits per heavy atom. The van der Waals surface area contributed by atoms with Gasteiger partial charge in [-0.25, -0.2) is 0 Å². The van der Waals surface area contributed by atoms with Gasteiger partial charge in [-0.1, -0.05) is 0 Å². The second-order valence-corrected chi connectivity index (χ2v) is 1.13. The molecule has 4 heteroatoms. The summed E-state index contributed by atoms with van der Waals surface area (Å²) >= 11 is 9.53. The maximum atomic E-state index is 7.32. The zero-order valence-electron chi connectivity index (χ0n) is 3.91. The smallest absolute Gasteiger partial charge is 0.0967 e. The molecule has 0 aliphatic carbocycles. The molecule has 0 heterocycles. The van der Waals surface area contributed by atoms with Crippen molar-refractivity contribution in [2.24, 2.45) is 0 Å². The van der Waals surface area contributed by atoms with Gasteiger partial charge in [-0.3, -0.25) is 0 Å². The molecule has 7 heavy (non-hydrogen) atoms. The minimum Gasteiger partial charge on any atom is -0.412 e. The summed E-state index contributed by atoms with van der Waals surface area (Å²) in [6.45, 7) is 1.43. The molecule has 0 aliphatic rings. The van der Waals surface area contributed by atoms with Gasteiger partial charge in [-0.05, 0) is 0 Å². The van der Waals surface area contributed by atoms with E-state index in [-0.39, 0.29) is 10.8 Å². The normalized spacial score (nSPS) is 3.71. The van der Waals surface area contributed by atoms with Gasteiger partial charge in [0.25, 0.3) is 0 Å². The molecule has 0 unspecified atom stereocenters. The summed E-state index contributed by atoms with van der Waals surface area (Å²) in [5, 5.41) is 7.51. The first-order valence-electron chi connectivity index (χ1n) is 1.26. The lowest BCUT2D eigenvalue weighted by atomic mass is 11.0. The predicted octanol–water partition coefficient (Wildman–Crippen LogP) is 1.13. The maximum Gasteiger partial charge on any atom is 0.0967 e. The molecule has 0 aromatic carbocycles. The van der Waals surface area contributed by atoms with E-state index in [1.54, 1.807) is 6.07 Å². The first-order valence-corrected chi connectivity index (χ1v) is 2.33. The van der Waals surface area contributed by atoms with Crippen molar-refractivity contribution < 1.29 is 5.48 Å². The minimum absolute atomic E-state index is 0. The van der Waals surface area contributed by atoms with Crippen LogP contribution in [-0.4, -0.2) is 10.8 Å². The third-order valence-electron chi connectivity index (χ3n) is 0. The quantitative estimate of drug-likeness (QED) is 0.470. The fraction of sp³-hybridized carbons (Fsp3) is 0.667. The van der Waals surface area contributed by atoms with Crippen molar-refractivity contribution in [3.63, 3.8) is 0 Å². The average molecular weight is 144 g/mol. The summed E-state index contributed by atoms with van der Waals surface area (Å²) in [4.78, 5) is 0. The van der Waals surface area contributed by atoms with Crippen LogP contribution in [0.25, 0.3) is 0 Å². The Bertz CT molecular complexity index is 42.7. The van der Waals surface area contributed by atoms with Gasteiger partial charge in [-0.2, -0.15) is 5.26 Å². The molecule has 0 amide bonds. The van der Waals surface area contributed by atoms with E-state index < -0.39 is 0 Å². The number of nitriles is 1. The van der Waals surface area contributed by atoms with Crippen molar-refractivity contribution in [1.29, 1.82) is 5.26 Å². The van der Waals surface area contributed by atoms with Crippen LogP contribution in [-0.2, 0) is 0 Å². The van der Waals surface area contributed by atoms with Gasteiger partial charge in [0, 0.05) is 6.92 Å². The molecule has 0 radical (unpaired) electrons. The lowest BCUT2D eigenvalue weighted by molar-refractivity contribution is 0.824. The van der Waals surface area contributed by atoms with Crippen LogP contribution in [0.15, 0.2) is 0 Å². The van der Waals surface area contributed by atoms with E-state index in [4.69, 9.17) is 28.5 Å². The van der Waals surface area contributed by atoms with E-state index in [1.807, 2.05) is 0 Å². The summed E-state index contributed by atoms with van der Waals surface area (Å²) in [6.07, 6.45) is 0. The third kappa shape index (κ3) is 109000. The highest BCUT2D eigenvalue weighted by Gasteiger charge is 1.41. The van der Waals surface area contributed by atoms with Crippen molar-refractivity contribution >= 4 is 23.2 Å². The molecule has 0 rings (SSSR count). The predicted molar refractivity (Wildman–Crippen MR) is 31.5 cm³/mol. The maximum absolute atomic E-state index is 7.32. The first kappa shape index (κ1) is 15.7. The molecule has 44 valence electrons. The molecular weight excluding hydrogens is 137 g/mol. The van der Waals surface area contributed by atoms with E-state index in [0.29, 0.717) is 0 Å². The van der Waals surface area contributed by atoms with Gasteiger partial charge in [-0.15, -0.1) is 23.2 Å². The van der Waals surface area contributed by atoms with E-state index in [1.165, 1.54) is 6.92 Å². The molecule has 0 aliphatic heterocycles.